The highest BCUT2D eigenvalue weighted by Gasteiger charge is 2.20. The summed E-state index contributed by atoms with van der Waals surface area (Å²) in [4.78, 5) is 30.3. The fourth-order valence-corrected chi connectivity index (χ4v) is 2.57. The van der Waals surface area contributed by atoms with Crippen LogP contribution >= 0.6 is 11.3 Å². The highest BCUT2D eigenvalue weighted by molar-refractivity contribution is 7.09. The van der Waals surface area contributed by atoms with Crippen molar-refractivity contribution < 1.29 is 14.7 Å². The van der Waals surface area contributed by atoms with Gasteiger partial charge in [-0.3, -0.25) is 4.79 Å². The van der Waals surface area contributed by atoms with Gasteiger partial charge in [-0.2, -0.15) is 0 Å². The van der Waals surface area contributed by atoms with E-state index in [1.165, 1.54) is 11.3 Å². The maximum Gasteiger partial charge on any atom is 0.326 e. The predicted molar refractivity (Wildman–Crippen MR) is 80.4 cm³/mol. The molecule has 2 aromatic heterocycles. The van der Waals surface area contributed by atoms with Crippen molar-refractivity contribution in [3.8, 4) is 11.3 Å². The molecular formula is C14H17N3O3S. The first kappa shape index (κ1) is 15.2. The molecule has 0 aliphatic carbocycles. The molecule has 0 saturated heterocycles. The second kappa shape index (κ2) is 6.53. The van der Waals surface area contributed by atoms with E-state index < -0.39 is 17.9 Å². The minimum absolute atomic E-state index is 0.331. The summed E-state index contributed by atoms with van der Waals surface area (Å²) < 4.78 is 0. The summed E-state index contributed by atoms with van der Waals surface area (Å²) in [5.74, 6) is -1.44. The molecule has 0 aliphatic rings. The van der Waals surface area contributed by atoms with Gasteiger partial charge in [0.05, 0.1) is 10.7 Å². The van der Waals surface area contributed by atoms with E-state index in [-0.39, 0.29) is 0 Å². The number of rotatable bonds is 6. The second-order valence-electron chi connectivity index (χ2n) is 4.71. The van der Waals surface area contributed by atoms with Gasteiger partial charge in [0.25, 0.3) is 5.91 Å². The minimum Gasteiger partial charge on any atom is -0.480 e. The summed E-state index contributed by atoms with van der Waals surface area (Å²) in [6, 6.07) is 0.810. The molecule has 0 bridgehead atoms. The molecule has 1 atom stereocenters. The van der Waals surface area contributed by atoms with Gasteiger partial charge in [-0.05, 0) is 19.4 Å². The number of carbonyl (C=O) groups is 2. The van der Waals surface area contributed by atoms with Gasteiger partial charge in [0, 0.05) is 17.1 Å². The Labute approximate surface area is 126 Å². The van der Waals surface area contributed by atoms with Crippen LogP contribution in [0, 0.1) is 6.92 Å². The zero-order valence-corrected chi connectivity index (χ0v) is 12.7. The van der Waals surface area contributed by atoms with E-state index >= 15 is 0 Å². The molecule has 3 N–H and O–H groups in total. The topological polar surface area (TPSA) is 95.1 Å². The van der Waals surface area contributed by atoms with E-state index in [1.54, 1.807) is 12.3 Å². The normalized spacial score (nSPS) is 12.1. The second-order valence-corrected chi connectivity index (χ2v) is 5.77. The molecule has 0 saturated carbocycles. The van der Waals surface area contributed by atoms with Gasteiger partial charge in [-0.15, -0.1) is 11.3 Å². The molecule has 0 radical (unpaired) electrons. The van der Waals surface area contributed by atoms with Crippen molar-refractivity contribution in [3.05, 3.63) is 28.3 Å². The summed E-state index contributed by atoms with van der Waals surface area (Å²) in [6.07, 6.45) is 2.78. The molecule has 1 unspecified atom stereocenters. The number of carboxylic acid groups (broad SMARTS) is 1. The van der Waals surface area contributed by atoms with Crippen LogP contribution in [0.5, 0.6) is 0 Å². The molecule has 0 fully saturated rings. The predicted octanol–water partition coefficient (Wildman–Crippen LogP) is 2.43. The van der Waals surface area contributed by atoms with E-state index in [9.17, 15) is 9.59 Å². The van der Waals surface area contributed by atoms with Crippen molar-refractivity contribution >= 4 is 23.2 Å². The summed E-state index contributed by atoms with van der Waals surface area (Å²) in [6.45, 7) is 3.79. The molecule has 2 heterocycles. The quantitative estimate of drug-likeness (QED) is 0.764. The van der Waals surface area contributed by atoms with Crippen molar-refractivity contribution in [1.29, 1.82) is 0 Å². The first-order chi connectivity index (χ1) is 10.0. The molecule has 2 aromatic rings. The molecule has 7 heteroatoms. The van der Waals surface area contributed by atoms with Gasteiger partial charge in [0.15, 0.2) is 0 Å². The molecule has 21 heavy (non-hydrogen) atoms. The zero-order valence-electron chi connectivity index (χ0n) is 11.8. The largest absolute Gasteiger partial charge is 0.480 e. The SMILES string of the molecule is CCCC(NC(=O)c1cc(-c2csc(C)n2)c[nH]1)C(=O)O. The van der Waals surface area contributed by atoms with Gasteiger partial charge in [0.1, 0.15) is 11.7 Å². The summed E-state index contributed by atoms with van der Waals surface area (Å²) >= 11 is 1.53. The average molecular weight is 307 g/mol. The Morgan fingerprint density at radius 3 is 2.86 bits per heavy atom. The summed E-state index contributed by atoms with van der Waals surface area (Å²) in [5.41, 5.74) is 1.95. The van der Waals surface area contributed by atoms with Crippen molar-refractivity contribution in [2.75, 3.05) is 0 Å². The average Bonchev–Trinajstić information content (AvgIpc) is 3.06. The van der Waals surface area contributed by atoms with E-state index in [0.29, 0.717) is 18.5 Å². The maximum atomic E-state index is 12.1. The molecule has 6 nitrogen and oxygen atoms in total. The van der Waals surface area contributed by atoms with E-state index in [1.807, 2.05) is 19.2 Å². The highest BCUT2D eigenvalue weighted by atomic mass is 32.1. The Hall–Kier alpha value is -2.15. The molecule has 1 amide bonds. The number of hydrogen-bond acceptors (Lipinski definition) is 4. The van der Waals surface area contributed by atoms with E-state index in [2.05, 4.69) is 15.3 Å². The summed E-state index contributed by atoms with van der Waals surface area (Å²) in [5, 5.41) is 14.4. The van der Waals surface area contributed by atoms with Gasteiger partial charge in [0.2, 0.25) is 0 Å². The van der Waals surface area contributed by atoms with Crippen molar-refractivity contribution in [2.45, 2.75) is 32.7 Å². The number of aromatic amines is 1. The number of nitrogens with one attached hydrogen (secondary N) is 2. The lowest BCUT2D eigenvalue weighted by molar-refractivity contribution is -0.139. The number of aromatic nitrogens is 2. The smallest absolute Gasteiger partial charge is 0.326 e. The third kappa shape index (κ3) is 3.69. The van der Waals surface area contributed by atoms with Crippen LogP contribution in [0.3, 0.4) is 0 Å². The fourth-order valence-electron chi connectivity index (χ4n) is 1.95. The number of amides is 1. The Morgan fingerprint density at radius 2 is 2.29 bits per heavy atom. The number of nitrogens with zero attached hydrogens (tertiary/aromatic N) is 1. The molecule has 0 spiro atoms. The lowest BCUT2D eigenvalue weighted by atomic mass is 10.1. The molecular weight excluding hydrogens is 290 g/mol. The Balaban J connectivity index is 2.10. The number of H-pyrrole nitrogens is 1. The number of aryl methyl sites for hydroxylation is 1. The molecule has 112 valence electrons. The third-order valence-electron chi connectivity index (χ3n) is 3.02. The van der Waals surface area contributed by atoms with Gasteiger partial charge >= 0.3 is 5.97 Å². The maximum absolute atomic E-state index is 12.1. The summed E-state index contributed by atoms with van der Waals surface area (Å²) in [7, 11) is 0. The van der Waals surface area contributed by atoms with Gasteiger partial charge < -0.3 is 15.4 Å². The van der Waals surface area contributed by atoms with Crippen LogP contribution in [-0.2, 0) is 4.79 Å². The third-order valence-corrected chi connectivity index (χ3v) is 3.80. The van der Waals surface area contributed by atoms with Crippen LogP contribution in [-0.4, -0.2) is 33.0 Å². The highest BCUT2D eigenvalue weighted by Crippen LogP contribution is 2.22. The molecule has 2 rings (SSSR count). The van der Waals surface area contributed by atoms with Crippen molar-refractivity contribution in [1.82, 2.24) is 15.3 Å². The van der Waals surface area contributed by atoms with E-state index in [0.717, 1.165) is 16.3 Å². The molecule has 0 aliphatic heterocycles. The standard InChI is InChI=1S/C14H17N3O3S/c1-3-4-10(14(19)20)17-13(18)11-5-9(6-15-11)12-7-21-8(2)16-12/h5-7,10,15H,3-4H2,1-2H3,(H,17,18)(H,19,20). The molecule has 0 aromatic carbocycles. The zero-order chi connectivity index (χ0) is 15.4. The Morgan fingerprint density at radius 1 is 1.52 bits per heavy atom. The van der Waals surface area contributed by atoms with Gasteiger partial charge in [-0.25, -0.2) is 9.78 Å². The fraction of sp³-hybridized carbons (Fsp3) is 0.357. The van der Waals surface area contributed by atoms with Crippen molar-refractivity contribution in [3.63, 3.8) is 0 Å². The number of thiazole rings is 1. The lowest BCUT2D eigenvalue weighted by Crippen LogP contribution is -2.40. The van der Waals surface area contributed by atoms with Crippen LogP contribution in [0.25, 0.3) is 11.3 Å². The number of hydrogen-bond donors (Lipinski definition) is 3. The van der Waals surface area contributed by atoms with Crippen LogP contribution in [0.2, 0.25) is 0 Å². The Bertz CT molecular complexity index is 647. The van der Waals surface area contributed by atoms with Crippen LogP contribution in [0.1, 0.15) is 35.3 Å². The number of aliphatic carboxylic acids is 1. The van der Waals surface area contributed by atoms with Crippen LogP contribution in [0.4, 0.5) is 0 Å². The van der Waals surface area contributed by atoms with Gasteiger partial charge in [-0.1, -0.05) is 13.3 Å². The lowest BCUT2D eigenvalue weighted by Gasteiger charge is -2.12. The van der Waals surface area contributed by atoms with Crippen LogP contribution < -0.4 is 5.32 Å². The number of carbonyl (C=O) groups excluding carboxylic acids is 1. The van der Waals surface area contributed by atoms with E-state index in [4.69, 9.17) is 5.11 Å². The minimum atomic E-state index is -1.02. The monoisotopic (exact) mass is 307 g/mol. The van der Waals surface area contributed by atoms with Crippen molar-refractivity contribution in [2.24, 2.45) is 0 Å². The Kier molecular flexibility index (Phi) is 4.74. The number of carboxylic acids is 1. The van der Waals surface area contributed by atoms with Crippen LogP contribution in [0.15, 0.2) is 17.6 Å². The first-order valence-electron chi connectivity index (χ1n) is 6.65. The first-order valence-corrected chi connectivity index (χ1v) is 7.53.